The Morgan fingerprint density at radius 2 is 2.08 bits per heavy atom. The highest BCUT2D eigenvalue weighted by atomic mass is 35.5. The molecule has 0 fully saturated rings. The van der Waals surface area contributed by atoms with Gasteiger partial charge in [-0.05, 0) is 20.4 Å². The molecule has 0 aliphatic rings. The van der Waals surface area contributed by atoms with E-state index in [9.17, 15) is 4.79 Å². The summed E-state index contributed by atoms with van der Waals surface area (Å²) in [6, 6.07) is 0. The Bertz CT molecular complexity index is 141. The van der Waals surface area contributed by atoms with Gasteiger partial charge in [0.1, 0.15) is 0 Å². The minimum Gasteiger partial charge on any atom is -0.368 e. The molecule has 0 aromatic carbocycles. The van der Waals surface area contributed by atoms with Crippen LogP contribution in [-0.2, 0) is 4.79 Å². The molecule has 4 heteroatoms. The predicted octanol–water partition coefficient (Wildman–Crippen LogP) is 1.06. The van der Waals surface area contributed by atoms with Crippen LogP contribution >= 0.6 is 12.4 Å². The van der Waals surface area contributed by atoms with Gasteiger partial charge in [0, 0.05) is 0 Å². The van der Waals surface area contributed by atoms with Crippen LogP contribution in [0, 0.1) is 0 Å². The molecule has 74 valence electrons. The first-order chi connectivity index (χ1) is 5.06. The topological polar surface area (TPSA) is 55.1 Å². The lowest BCUT2D eigenvalue weighted by Gasteiger charge is -2.24. The van der Waals surface area contributed by atoms with Gasteiger partial charge in [0.15, 0.2) is 0 Å². The third-order valence-electron chi connectivity index (χ3n) is 2.13. The molecule has 1 amide bonds. The summed E-state index contributed by atoms with van der Waals surface area (Å²) in [6.07, 6.45) is 2.93. The van der Waals surface area contributed by atoms with Crippen LogP contribution in [-0.4, -0.2) is 18.5 Å². The Labute approximate surface area is 80.5 Å². The van der Waals surface area contributed by atoms with Crippen molar-refractivity contribution in [3.63, 3.8) is 0 Å². The molecule has 0 bridgehead atoms. The van der Waals surface area contributed by atoms with Crippen LogP contribution in [0.4, 0.5) is 0 Å². The average molecular weight is 195 g/mol. The summed E-state index contributed by atoms with van der Waals surface area (Å²) in [5, 5.41) is 2.94. The SMILES string of the molecule is CCCCC(C)(NC)C(N)=O.Cl. The molecule has 3 N–H and O–H groups in total. The van der Waals surface area contributed by atoms with Gasteiger partial charge in [-0.3, -0.25) is 4.79 Å². The number of nitrogens with two attached hydrogens (primary N) is 1. The number of primary amides is 1. The van der Waals surface area contributed by atoms with E-state index in [0.29, 0.717) is 0 Å². The fraction of sp³-hybridized carbons (Fsp3) is 0.875. The Morgan fingerprint density at radius 3 is 2.33 bits per heavy atom. The first-order valence-corrected chi connectivity index (χ1v) is 4.05. The van der Waals surface area contributed by atoms with Crippen LogP contribution in [0.2, 0.25) is 0 Å². The van der Waals surface area contributed by atoms with E-state index in [-0.39, 0.29) is 18.3 Å². The van der Waals surface area contributed by atoms with Crippen LogP contribution in [0.25, 0.3) is 0 Å². The van der Waals surface area contributed by atoms with Crippen molar-refractivity contribution >= 4 is 18.3 Å². The van der Waals surface area contributed by atoms with Crippen molar-refractivity contribution in [3.8, 4) is 0 Å². The summed E-state index contributed by atoms with van der Waals surface area (Å²) in [4.78, 5) is 10.9. The number of rotatable bonds is 5. The highest BCUT2D eigenvalue weighted by molar-refractivity contribution is 5.85. The molecule has 3 nitrogen and oxygen atoms in total. The van der Waals surface area contributed by atoms with Crippen molar-refractivity contribution in [1.29, 1.82) is 0 Å². The molecule has 0 saturated heterocycles. The van der Waals surface area contributed by atoms with Crippen molar-refractivity contribution in [1.82, 2.24) is 5.32 Å². The van der Waals surface area contributed by atoms with Crippen molar-refractivity contribution in [2.45, 2.75) is 38.6 Å². The lowest BCUT2D eigenvalue weighted by molar-refractivity contribution is -0.123. The number of carbonyl (C=O) groups is 1. The van der Waals surface area contributed by atoms with Crippen LogP contribution in [0.1, 0.15) is 33.1 Å². The summed E-state index contributed by atoms with van der Waals surface area (Å²) < 4.78 is 0. The zero-order valence-corrected chi connectivity index (χ0v) is 8.83. The molecular weight excluding hydrogens is 176 g/mol. The number of amides is 1. The van der Waals surface area contributed by atoms with E-state index >= 15 is 0 Å². The van der Waals surface area contributed by atoms with E-state index in [1.165, 1.54) is 0 Å². The number of carbonyl (C=O) groups excluding carboxylic acids is 1. The maximum Gasteiger partial charge on any atom is 0.237 e. The number of unbranched alkanes of at least 4 members (excludes halogenated alkanes) is 1. The normalized spacial score (nSPS) is 14.6. The predicted molar refractivity (Wildman–Crippen MR) is 53.4 cm³/mol. The second-order valence-electron chi connectivity index (χ2n) is 3.05. The second kappa shape index (κ2) is 6.26. The first-order valence-electron chi connectivity index (χ1n) is 4.05. The molecule has 12 heavy (non-hydrogen) atoms. The molecule has 0 rings (SSSR count). The molecule has 1 unspecified atom stereocenters. The summed E-state index contributed by atoms with van der Waals surface area (Å²) in [7, 11) is 1.76. The van der Waals surface area contributed by atoms with Crippen LogP contribution in [0.15, 0.2) is 0 Å². The maximum atomic E-state index is 10.9. The van der Waals surface area contributed by atoms with Crippen molar-refractivity contribution in [3.05, 3.63) is 0 Å². The standard InChI is InChI=1S/C8H18N2O.ClH/c1-4-5-6-8(2,10-3)7(9)11;/h10H,4-6H2,1-3H3,(H2,9,11);1H. The first kappa shape index (κ1) is 14.3. The molecule has 0 aliphatic heterocycles. The Balaban J connectivity index is 0. The lowest BCUT2D eigenvalue weighted by Crippen LogP contribution is -2.51. The number of hydrogen-bond donors (Lipinski definition) is 2. The van der Waals surface area contributed by atoms with E-state index in [1.807, 2.05) is 6.92 Å². The maximum absolute atomic E-state index is 10.9. The van der Waals surface area contributed by atoms with Gasteiger partial charge in [-0.25, -0.2) is 0 Å². The Kier molecular flexibility index (Phi) is 7.44. The second-order valence-corrected chi connectivity index (χ2v) is 3.05. The summed E-state index contributed by atoms with van der Waals surface area (Å²) in [5.74, 6) is -0.270. The third kappa shape index (κ3) is 3.93. The number of hydrogen-bond acceptors (Lipinski definition) is 2. The molecule has 0 aromatic rings. The fourth-order valence-electron chi connectivity index (χ4n) is 0.902. The Hall–Kier alpha value is -0.280. The van der Waals surface area contributed by atoms with Gasteiger partial charge < -0.3 is 11.1 Å². The highest BCUT2D eigenvalue weighted by Gasteiger charge is 2.27. The van der Waals surface area contributed by atoms with Gasteiger partial charge in [-0.2, -0.15) is 0 Å². The molecule has 0 heterocycles. The van der Waals surface area contributed by atoms with Crippen molar-refractivity contribution in [2.75, 3.05) is 7.05 Å². The van der Waals surface area contributed by atoms with Crippen molar-refractivity contribution < 1.29 is 4.79 Å². The van der Waals surface area contributed by atoms with Gasteiger partial charge in [0.2, 0.25) is 5.91 Å². The molecule has 0 saturated carbocycles. The number of nitrogens with one attached hydrogen (secondary N) is 1. The van der Waals surface area contributed by atoms with Crippen molar-refractivity contribution in [2.24, 2.45) is 5.73 Å². The molecule has 1 atom stereocenters. The van der Waals surface area contributed by atoms with Gasteiger partial charge in [-0.1, -0.05) is 19.8 Å². The summed E-state index contributed by atoms with van der Waals surface area (Å²) in [5.41, 5.74) is 4.70. The Morgan fingerprint density at radius 1 is 1.58 bits per heavy atom. The van der Waals surface area contributed by atoms with E-state index in [2.05, 4.69) is 12.2 Å². The monoisotopic (exact) mass is 194 g/mol. The van der Waals surface area contributed by atoms with E-state index in [4.69, 9.17) is 5.73 Å². The highest BCUT2D eigenvalue weighted by Crippen LogP contribution is 2.11. The van der Waals surface area contributed by atoms with Gasteiger partial charge in [0.25, 0.3) is 0 Å². The van der Waals surface area contributed by atoms with Crippen LogP contribution < -0.4 is 11.1 Å². The fourth-order valence-corrected chi connectivity index (χ4v) is 0.902. The third-order valence-corrected chi connectivity index (χ3v) is 2.13. The average Bonchev–Trinajstić information content (AvgIpc) is 2.00. The van der Waals surface area contributed by atoms with Gasteiger partial charge in [0.05, 0.1) is 5.54 Å². The number of halogens is 1. The summed E-state index contributed by atoms with van der Waals surface area (Å²) >= 11 is 0. The molecule has 0 spiro atoms. The lowest BCUT2D eigenvalue weighted by atomic mass is 9.94. The molecule has 0 aromatic heterocycles. The van der Waals surface area contributed by atoms with E-state index in [0.717, 1.165) is 19.3 Å². The molecule has 0 radical (unpaired) electrons. The smallest absolute Gasteiger partial charge is 0.237 e. The zero-order valence-electron chi connectivity index (χ0n) is 8.02. The zero-order chi connectivity index (χ0) is 8.91. The minimum absolute atomic E-state index is 0. The quantitative estimate of drug-likeness (QED) is 0.688. The van der Waals surface area contributed by atoms with Gasteiger partial charge >= 0.3 is 0 Å². The van der Waals surface area contributed by atoms with E-state index in [1.54, 1.807) is 7.05 Å². The van der Waals surface area contributed by atoms with E-state index < -0.39 is 5.54 Å². The van der Waals surface area contributed by atoms with Gasteiger partial charge in [-0.15, -0.1) is 12.4 Å². The number of likely N-dealkylation sites (N-methyl/N-ethyl adjacent to an activating group) is 1. The molecule has 0 aliphatic carbocycles. The minimum atomic E-state index is -0.518. The molecular formula is C8H19ClN2O. The van der Waals surface area contributed by atoms with Crippen LogP contribution in [0.5, 0.6) is 0 Å². The van der Waals surface area contributed by atoms with Crippen LogP contribution in [0.3, 0.4) is 0 Å². The largest absolute Gasteiger partial charge is 0.368 e. The summed E-state index contributed by atoms with van der Waals surface area (Å²) in [6.45, 7) is 3.93.